The second-order valence-corrected chi connectivity index (χ2v) is 8.73. The van der Waals surface area contributed by atoms with Crippen molar-refractivity contribution in [3.05, 3.63) is 59.2 Å². The summed E-state index contributed by atoms with van der Waals surface area (Å²) in [5, 5.41) is 12.0. The van der Waals surface area contributed by atoms with Gasteiger partial charge in [0.25, 0.3) is 5.91 Å². The van der Waals surface area contributed by atoms with Gasteiger partial charge in [-0.15, -0.1) is 0 Å². The van der Waals surface area contributed by atoms with Gasteiger partial charge in [-0.25, -0.2) is 9.37 Å². The number of pyridine rings is 1. The molecule has 1 unspecified atom stereocenters. The summed E-state index contributed by atoms with van der Waals surface area (Å²) >= 11 is 1.43. The van der Waals surface area contributed by atoms with Gasteiger partial charge in [-0.1, -0.05) is 11.8 Å². The van der Waals surface area contributed by atoms with Gasteiger partial charge in [-0.05, 0) is 30.3 Å². The molecule has 0 bridgehead atoms. The molecular formula is C22H22FN5O3S. The number of hydrogen-bond donors (Lipinski definition) is 2. The van der Waals surface area contributed by atoms with Gasteiger partial charge in [0.05, 0.1) is 30.4 Å². The Hall–Kier alpha value is -3.00. The van der Waals surface area contributed by atoms with Crippen molar-refractivity contribution < 1.29 is 18.7 Å². The molecule has 3 atom stereocenters. The predicted molar refractivity (Wildman–Crippen MR) is 119 cm³/mol. The first kappa shape index (κ1) is 22.2. The number of nitriles is 1. The number of carbonyl (C=O) groups is 1. The topological polar surface area (TPSA) is 123 Å². The number of nitrogens with one attached hydrogen (secondary N) is 1. The highest BCUT2D eigenvalue weighted by molar-refractivity contribution is 8.13. The molecular weight excluding hydrogens is 433 g/mol. The van der Waals surface area contributed by atoms with Gasteiger partial charge < -0.3 is 20.5 Å². The number of methoxy groups -OCH3 is 1. The molecule has 3 heterocycles. The maximum absolute atomic E-state index is 15.2. The smallest absolute Gasteiger partial charge is 0.274 e. The van der Waals surface area contributed by atoms with Crippen molar-refractivity contribution in [1.29, 1.82) is 5.26 Å². The predicted octanol–water partition coefficient (Wildman–Crippen LogP) is 2.65. The first-order valence-electron chi connectivity index (χ1n) is 10.0. The standard InChI is InChI=1S/C22H22FN5O3S/c1-30-11-16-7-22(14(10-31-16)12-32-21(25)28-22)17-6-15(3-4-18(17)23)27-20(29)19-5-2-13(8-24)9-26-19/h2-6,9,14,16H,7,10-12H2,1H3,(H2,25,28)(H,27,29)/t14-,16+,22?/m0/s1. The van der Waals surface area contributed by atoms with E-state index in [1.165, 1.54) is 42.2 Å². The zero-order valence-electron chi connectivity index (χ0n) is 17.4. The van der Waals surface area contributed by atoms with Crippen LogP contribution in [0.15, 0.2) is 41.5 Å². The number of aliphatic imine (C=N–C) groups is 1. The summed E-state index contributed by atoms with van der Waals surface area (Å²) in [7, 11) is 1.59. The third-order valence-electron chi connectivity index (χ3n) is 5.66. The maximum Gasteiger partial charge on any atom is 0.274 e. The first-order chi connectivity index (χ1) is 15.4. The van der Waals surface area contributed by atoms with Crippen molar-refractivity contribution >= 4 is 28.5 Å². The number of anilines is 1. The van der Waals surface area contributed by atoms with Crippen LogP contribution >= 0.6 is 11.8 Å². The zero-order chi connectivity index (χ0) is 22.7. The SMILES string of the molecule is COC[C@H]1CC2(c3cc(NC(=O)c4ccc(C#N)cn4)ccc3F)N=C(N)SC[C@@H]2CO1. The molecule has 1 amide bonds. The second-order valence-electron chi connectivity index (χ2n) is 7.69. The van der Waals surface area contributed by atoms with Crippen molar-refractivity contribution in [3.63, 3.8) is 0 Å². The van der Waals surface area contributed by atoms with Crippen LogP contribution in [-0.4, -0.2) is 48.2 Å². The van der Waals surface area contributed by atoms with E-state index in [0.29, 0.717) is 47.4 Å². The summed E-state index contributed by atoms with van der Waals surface area (Å²) in [4.78, 5) is 21.3. The minimum Gasteiger partial charge on any atom is -0.382 e. The van der Waals surface area contributed by atoms with Gasteiger partial charge in [0.2, 0.25) is 0 Å². The molecule has 3 N–H and O–H groups in total. The molecule has 0 aliphatic carbocycles. The number of halogens is 1. The number of hydrogen-bond acceptors (Lipinski definition) is 8. The van der Waals surface area contributed by atoms with Crippen LogP contribution in [0, 0.1) is 23.1 Å². The lowest BCUT2D eigenvalue weighted by Gasteiger charge is -2.46. The highest BCUT2D eigenvalue weighted by Gasteiger charge is 2.49. The van der Waals surface area contributed by atoms with E-state index in [2.05, 4.69) is 10.3 Å². The monoisotopic (exact) mass is 455 g/mol. The van der Waals surface area contributed by atoms with Crippen LogP contribution < -0.4 is 11.1 Å². The Morgan fingerprint density at radius 2 is 2.31 bits per heavy atom. The number of nitrogens with two attached hydrogens (primary N) is 1. The molecule has 2 aliphatic rings. The highest BCUT2D eigenvalue weighted by Crippen LogP contribution is 2.48. The summed E-state index contributed by atoms with van der Waals surface area (Å²) in [6, 6.07) is 9.34. The Bertz CT molecular complexity index is 1090. The summed E-state index contributed by atoms with van der Waals surface area (Å²) in [5.74, 6) is -0.313. The summed E-state index contributed by atoms with van der Waals surface area (Å²) < 4.78 is 26.3. The van der Waals surface area contributed by atoms with Crippen molar-refractivity contribution in [2.75, 3.05) is 31.4 Å². The van der Waals surface area contributed by atoms with E-state index in [1.807, 2.05) is 6.07 Å². The fourth-order valence-corrected chi connectivity index (χ4v) is 5.08. The Morgan fingerprint density at radius 1 is 1.47 bits per heavy atom. The van der Waals surface area contributed by atoms with Gasteiger partial charge >= 0.3 is 0 Å². The van der Waals surface area contributed by atoms with Crippen LogP contribution in [0.1, 0.15) is 28.0 Å². The number of benzene rings is 1. The van der Waals surface area contributed by atoms with E-state index in [-0.39, 0.29) is 17.7 Å². The minimum absolute atomic E-state index is 0.0754. The highest BCUT2D eigenvalue weighted by atomic mass is 32.2. The first-order valence-corrected chi connectivity index (χ1v) is 11.0. The Balaban J connectivity index is 1.67. The number of carbonyl (C=O) groups excluding carboxylic acids is 1. The van der Waals surface area contributed by atoms with Crippen LogP contribution in [0.2, 0.25) is 0 Å². The van der Waals surface area contributed by atoms with Crippen molar-refractivity contribution in [2.45, 2.75) is 18.1 Å². The van der Waals surface area contributed by atoms with Crippen LogP contribution in [0.3, 0.4) is 0 Å². The van der Waals surface area contributed by atoms with Gasteiger partial charge in [-0.3, -0.25) is 9.79 Å². The summed E-state index contributed by atoms with van der Waals surface area (Å²) in [5.41, 5.74) is 6.43. The number of nitrogens with zero attached hydrogens (tertiary/aromatic N) is 3. The fraction of sp³-hybridized carbons (Fsp3) is 0.364. The van der Waals surface area contributed by atoms with Crippen molar-refractivity contribution in [1.82, 2.24) is 4.98 Å². The number of rotatable bonds is 5. The molecule has 2 aromatic rings. The summed E-state index contributed by atoms with van der Waals surface area (Å²) in [6.45, 7) is 0.766. The van der Waals surface area contributed by atoms with E-state index >= 15 is 4.39 Å². The largest absolute Gasteiger partial charge is 0.382 e. The summed E-state index contributed by atoms with van der Waals surface area (Å²) in [6.07, 6.45) is 1.48. The number of thioether (sulfide) groups is 1. The van der Waals surface area contributed by atoms with Crippen LogP contribution in [0.25, 0.3) is 0 Å². The molecule has 1 fully saturated rings. The van der Waals surface area contributed by atoms with Crippen LogP contribution in [0.5, 0.6) is 0 Å². The molecule has 4 rings (SSSR count). The van der Waals surface area contributed by atoms with Crippen molar-refractivity contribution in [2.24, 2.45) is 16.6 Å². The van der Waals surface area contributed by atoms with Gasteiger partial charge in [0, 0.05) is 42.6 Å². The fourth-order valence-electron chi connectivity index (χ4n) is 4.11. The second kappa shape index (κ2) is 9.24. The third-order valence-corrected chi connectivity index (χ3v) is 6.61. The van der Waals surface area contributed by atoms with Gasteiger partial charge in [0.1, 0.15) is 17.6 Å². The lowest BCUT2D eigenvalue weighted by molar-refractivity contribution is -0.0812. The molecule has 0 spiro atoms. The lowest BCUT2D eigenvalue weighted by Crippen LogP contribution is -2.50. The number of fused-ring (bicyclic) bond motifs is 1. The van der Waals surface area contributed by atoms with Crippen LogP contribution in [-0.2, 0) is 15.0 Å². The minimum atomic E-state index is -0.908. The Labute approximate surface area is 189 Å². The molecule has 8 nitrogen and oxygen atoms in total. The normalized spacial score (nSPS) is 24.7. The average molecular weight is 456 g/mol. The van der Waals surface area contributed by atoms with Crippen LogP contribution in [0.4, 0.5) is 10.1 Å². The number of amidine groups is 1. The maximum atomic E-state index is 15.2. The molecule has 2 aliphatic heterocycles. The zero-order valence-corrected chi connectivity index (χ0v) is 18.2. The quantitative estimate of drug-likeness (QED) is 0.711. The van der Waals surface area contributed by atoms with E-state index in [0.717, 1.165) is 0 Å². The molecule has 32 heavy (non-hydrogen) atoms. The van der Waals surface area contributed by atoms with Crippen molar-refractivity contribution in [3.8, 4) is 6.07 Å². The van der Waals surface area contributed by atoms with E-state index in [1.54, 1.807) is 13.2 Å². The van der Waals surface area contributed by atoms with E-state index < -0.39 is 17.3 Å². The lowest BCUT2D eigenvalue weighted by atomic mass is 9.73. The Morgan fingerprint density at radius 3 is 3.03 bits per heavy atom. The molecule has 1 aromatic heterocycles. The average Bonchev–Trinajstić information content (AvgIpc) is 2.80. The van der Waals surface area contributed by atoms with E-state index in [4.69, 9.17) is 25.5 Å². The molecule has 1 saturated heterocycles. The molecule has 1 aromatic carbocycles. The number of aromatic nitrogens is 1. The molecule has 10 heteroatoms. The van der Waals surface area contributed by atoms with Gasteiger partial charge in [0.15, 0.2) is 5.17 Å². The third kappa shape index (κ3) is 4.32. The Kier molecular flexibility index (Phi) is 6.41. The molecule has 0 radical (unpaired) electrons. The number of ether oxygens (including phenoxy) is 2. The van der Waals surface area contributed by atoms with E-state index in [9.17, 15) is 4.79 Å². The molecule has 0 saturated carbocycles. The number of amides is 1. The molecule has 166 valence electrons. The van der Waals surface area contributed by atoms with Gasteiger partial charge in [-0.2, -0.15) is 5.26 Å².